The third-order valence-electron chi connectivity index (χ3n) is 1.91. The van der Waals surface area contributed by atoms with Crippen molar-refractivity contribution < 1.29 is 4.79 Å². The lowest BCUT2D eigenvalue weighted by molar-refractivity contribution is 0.103. The number of thiophene rings is 1. The van der Waals surface area contributed by atoms with Crippen LogP contribution in [0.15, 0.2) is 29.8 Å². The van der Waals surface area contributed by atoms with Crippen molar-refractivity contribution in [3.8, 4) is 0 Å². The molecule has 0 aromatic carbocycles. The highest BCUT2D eigenvalue weighted by atomic mass is 32.1. The Labute approximate surface area is 80.2 Å². The lowest BCUT2D eigenvalue weighted by Crippen LogP contribution is -2.00. The number of ketones is 1. The molecule has 66 valence electrons. The van der Waals surface area contributed by atoms with E-state index >= 15 is 0 Å². The van der Waals surface area contributed by atoms with Gasteiger partial charge in [-0.1, -0.05) is 0 Å². The van der Waals surface area contributed by atoms with Gasteiger partial charge in [0.1, 0.15) is 0 Å². The summed E-state index contributed by atoms with van der Waals surface area (Å²) in [7, 11) is 0. The minimum absolute atomic E-state index is 0.0810. The number of rotatable bonds is 2. The number of aromatic amines is 1. The monoisotopic (exact) mass is 191 g/mol. The van der Waals surface area contributed by atoms with Crippen molar-refractivity contribution in [3.05, 3.63) is 45.9 Å². The van der Waals surface area contributed by atoms with Crippen LogP contribution >= 0.6 is 11.3 Å². The van der Waals surface area contributed by atoms with Crippen LogP contribution in [-0.4, -0.2) is 10.8 Å². The molecule has 2 aromatic rings. The fourth-order valence-electron chi connectivity index (χ4n) is 1.20. The second kappa shape index (κ2) is 3.18. The normalized spacial score (nSPS) is 10.2. The summed E-state index contributed by atoms with van der Waals surface area (Å²) in [4.78, 5) is 15.5. The van der Waals surface area contributed by atoms with Crippen molar-refractivity contribution in [2.24, 2.45) is 0 Å². The van der Waals surface area contributed by atoms with Gasteiger partial charge in [0.15, 0.2) is 0 Å². The first-order valence-electron chi connectivity index (χ1n) is 4.01. The number of aromatic nitrogens is 1. The van der Waals surface area contributed by atoms with Gasteiger partial charge in [-0.25, -0.2) is 0 Å². The summed E-state index contributed by atoms with van der Waals surface area (Å²) in [5.74, 6) is 0.0810. The molecule has 0 unspecified atom stereocenters. The third kappa shape index (κ3) is 1.42. The topological polar surface area (TPSA) is 32.9 Å². The number of hydrogen-bond acceptors (Lipinski definition) is 2. The zero-order valence-corrected chi connectivity index (χ0v) is 8.02. The molecule has 0 aliphatic carbocycles. The highest BCUT2D eigenvalue weighted by Gasteiger charge is 2.12. The summed E-state index contributed by atoms with van der Waals surface area (Å²) in [6, 6.07) is 5.58. The Balaban J connectivity index is 2.39. The third-order valence-corrected chi connectivity index (χ3v) is 2.93. The van der Waals surface area contributed by atoms with Gasteiger partial charge < -0.3 is 4.98 Å². The number of hydrogen-bond donors (Lipinski definition) is 1. The van der Waals surface area contributed by atoms with E-state index in [9.17, 15) is 4.79 Å². The van der Waals surface area contributed by atoms with Crippen molar-refractivity contribution in [2.75, 3.05) is 0 Å². The van der Waals surface area contributed by atoms with Gasteiger partial charge in [0.05, 0.1) is 10.6 Å². The van der Waals surface area contributed by atoms with Crippen LogP contribution in [0.2, 0.25) is 0 Å². The average molecular weight is 191 g/mol. The molecular weight excluding hydrogens is 182 g/mol. The van der Waals surface area contributed by atoms with Crippen LogP contribution in [0.3, 0.4) is 0 Å². The van der Waals surface area contributed by atoms with Crippen molar-refractivity contribution >= 4 is 17.1 Å². The number of H-pyrrole nitrogens is 1. The smallest absolute Gasteiger partial charge is 0.219 e. The summed E-state index contributed by atoms with van der Waals surface area (Å²) < 4.78 is 0. The highest BCUT2D eigenvalue weighted by Crippen LogP contribution is 2.18. The molecule has 2 rings (SSSR count). The van der Waals surface area contributed by atoms with E-state index in [1.165, 1.54) is 11.3 Å². The second-order valence-electron chi connectivity index (χ2n) is 2.85. The van der Waals surface area contributed by atoms with Gasteiger partial charge in [-0.15, -0.1) is 11.3 Å². The summed E-state index contributed by atoms with van der Waals surface area (Å²) in [6.45, 7) is 1.95. The molecule has 2 heterocycles. The molecule has 0 saturated heterocycles. The van der Waals surface area contributed by atoms with Gasteiger partial charge >= 0.3 is 0 Å². The largest absolute Gasteiger partial charge is 0.358 e. The Morgan fingerprint density at radius 3 is 2.85 bits per heavy atom. The Bertz CT molecular complexity index is 414. The Kier molecular flexibility index (Phi) is 2.02. The van der Waals surface area contributed by atoms with E-state index in [0.717, 1.165) is 10.4 Å². The summed E-state index contributed by atoms with van der Waals surface area (Å²) in [6.07, 6.45) is 1.76. The van der Waals surface area contributed by atoms with E-state index in [1.807, 2.05) is 24.4 Å². The fraction of sp³-hybridized carbons (Fsp3) is 0.100. The first-order valence-corrected chi connectivity index (χ1v) is 4.89. The first-order chi connectivity index (χ1) is 6.29. The van der Waals surface area contributed by atoms with Crippen molar-refractivity contribution in [2.45, 2.75) is 6.92 Å². The van der Waals surface area contributed by atoms with Gasteiger partial charge in [-0.2, -0.15) is 0 Å². The van der Waals surface area contributed by atoms with Crippen molar-refractivity contribution in [1.29, 1.82) is 0 Å². The van der Waals surface area contributed by atoms with Gasteiger partial charge in [0, 0.05) is 6.20 Å². The molecule has 0 bridgehead atoms. The van der Waals surface area contributed by atoms with Crippen LogP contribution in [0.4, 0.5) is 0 Å². The predicted molar refractivity (Wildman–Crippen MR) is 53.3 cm³/mol. The molecule has 13 heavy (non-hydrogen) atoms. The molecule has 0 aliphatic heterocycles. The predicted octanol–water partition coefficient (Wildman–Crippen LogP) is 2.62. The van der Waals surface area contributed by atoms with Crippen LogP contribution in [-0.2, 0) is 0 Å². The van der Waals surface area contributed by atoms with Crippen molar-refractivity contribution in [3.63, 3.8) is 0 Å². The minimum Gasteiger partial charge on any atom is -0.358 e. The number of aryl methyl sites for hydroxylation is 1. The Hall–Kier alpha value is -1.35. The maximum atomic E-state index is 11.8. The van der Waals surface area contributed by atoms with Gasteiger partial charge in [0.25, 0.3) is 0 Å². The molecule has 0 radical (unpaired) electrons. The Morgan fingerprint density at radius 2 is 2.31 bits per heavy atom. The lowest BCUT2D eigenvalue weighted by atomic mass is 10.2. The molecular formula is C10H9NOS. The molecule has 1 N–H and O–H groups in total. The van der Waals surface area contributed by atoms with E-state index in [4.69, 9.17) is 0 Å². The molecule has 0 saturated carbocycles. The van der Waals surface area contributed by atoms with Crippen LogP contribution in [0.25, 0.3) is 0 Å². The number of carbonyl (C=O) groups excluding carboxylic acids is 1. The zero-order valence-electron chi connectivity index (χ0n) is 7.20. The van der Waals surface area contributed by atoms with Crippen molar-refractivity contribution in [1.82, 2.24) is 4.98 Å². The van der Waals surface area contributed by atoms with Crippen LogP contribution in [0.5, 0.6) is 0 Å². The fourth-order valence-corrected chi connectivity index (χ4v) is 2.08. The number of carbonyl (C=O) groups is 1. The number of nitrogens with one attached hydrogen (secondary N) is 1. The average Bonchev–Trinajstić information content (AvgIpc) is 2.72. The summed E-state index contributed by atoms with van der Waals surface area (Å²) in [5.41, 5.74) is 1.70. The summed E-state index contributed by atoms with van der Waals surface area (Å²) in [5, 5.41) is 1.94. The van der Waals surface area contributed by atoms with Crippen LogP contribution in [0.1, 0.15) is 20.9 Å². The first kappa shape index (κ1) is 8.26. The molecule has 2 aromatic heterocycles. The lowest BCUT2D eigenvalue weighted by Gasteiger charge is -1.95. The molecule has 3 heteroatoms. The SMILES string of the molecule is Cc1ccsc1C(=O)c1ccc[nH]1. The second-order valence-corrected chi connectivity index (χ2v) is 3.76. The van der Waals surface area contributed by atoms with Gasteiger partial charge in [-0.05, 0) is 36.1 Å². The van der Waals surface area contributed by atoms with E-state index in [0.29, 0.717) is 5.69 Å². The van der Waals surface area contributed by atoms with E-state index in [1.54, 1.807) is 12.3 Å². The Morgan fingerprint density at radius 1 is 1.46 bits per heavy atom. The van der Waals surface area contributed by atoms with E-state index < -0.39 is 0 Å². The van der Waals surface area contributed by atoms with E-state index in [2.05, 4.69) is 4.98 Å². The molecule has 0 amide bonds. The zero-order chi connectivity index (χ0) is 9.26. The molecule has 0 aliphatic rings. The molecule has 0 atom stereocenters. The standard InChI is InChI=1S/C10H9NOS/c1-7-4-6-13-10(7)9(12)8-3-2-5-11-8/h2-6,11H,1H3. The summed E-state index contributed by atoms with van der Waals surface area (Å²) >= 11 is 1.49. The molecule has 2 nitrogen and oxygen atoms in total. The molecule has 0 fully saturated rings. The molecule has 0 spiro atoms. The van der Waals surface area contributed by atoms with Crippen LogP contribution in [0, 0.1) is 6.92 Å². The highest BCUT2D eigenvalue weighted by molar-refractivity contribution is 7.12. The minimum atomic E-state index is 0.0810. The van der Waals surface area contributed by atoms with Crippen LogP contribution < -0.4 is 0 Å². The maximum absolute atomic E-state index is 11.8. The van der Waals surface area contributed by atoms with Gasteiger partial charge in [0.2, 0.25) is 5.78 Å². The maximum Gasteiger partial charge on any atom is 0.219 e. The quantitative estimate of drug-likeness (QED) is 0.727. The van der Waals surface area contributed by atoms with E-state index in [-0.39, 0.29) is 5.78 Å². The van der Waals surface area contributed by atoms with Gasteiger partial charge in [-0.3, -0.25) is 4.79 Å².